The van der Waals surface area contributed by atoms with Crippen LogP contribution in [0.25, 0.3) is 0 Å². The van der Waals surface area contributed by atoms with Crippen LogP contribution in [0.2, 0.25) is 18.1 Å². The van der Waals surface area contributed by atoms with Crippen molar-refractivity contribution in [2.24, 2.45) is 0 Å². The highest BCUT2D eigenvalue weighted by Crippen LogP contribution is 2.38. The highest BCUT2D eigenvalue weighted by molar-refractivity contribution is 6.74. The van der Waals surface area contributed by atoms with E-state index < -0.39 is 8.32 Å². The number of aliphatic hydroxyl groups is 1. The Bertz CT molecular complexity index is 313. The maximum absolute atomic E-state index is 9.23. The Labute approximate surface area is 99.3 Å². The average molecular weight is 240 g/mol. The molecule has 2 radical (unpaired) electrons. The highest BCUT2D eigenvalue weighted by atomic mass is 28.4. The Morgan fingerprint density at radius 3 is 2.56 bits per heavy atom. The van der Waals surface area contributed by atoms with Crippen LogP contribution in [0.4, 0.5) is 0 Å². The maximum atomic E-state index is 9.23. The summed E-state index contributed by atoms with van der Waals surface area (Å²) in [4.78, 5) is 0. The minimum atomic E-state index is -1.81. The van der Waals surface area contributed by atoms with Gasteiger partial charge in [-0.1, -0.05) is 20.8 Å². The molecule has 0 unspecified atom stereocenters. The van der Waals surface area contributed by atoms with Crippen LogP contribution in [0.1, 0.15) is 20.8 Å². The monoisotopic (exact) mass is 240 g/mol. The zero-order valence-corrected chi connectivity index (χ0v) is 11.9. The molecule has 16 heavy (non-hydrogen) atoms. The molecule has 0 aromatic carbocycles. The van der Waals surface area contributed by atoms with Gasteiger partial charge in [0, 0.05) is 6.08 Å². The number of aliphatic hydroxyl groups excluding tert-OH is 1. The first-order valence-corrected chi connectivity index (χ1v) is 8.55. The lowest BCUT2D eigenvalue weighted by Crippen LogP contribution is -2.41. The van der Waals surface area contributed by atoms with Crippen molar-refractivity contribution >= 4 is 8.32 Å². The highest BCUT2D eigenvalue weighted by Gasteiger charge is 2.40. The molecule has 3 nitrogen and oxygen atoms in total. The van der Waals surface area contributed by atoms with Gasteiger partial charge in [0.05, 0.1) is 17.5 Å². The first-order valence-electron chi connectivity index (χ1n) is 5.64. The number of nitrogens with zero attached hydrogens (tertiary/aromatic N) is 1. The third-order valence-corrected chi connectivity index (χ3v) is 7.63. The summed E-state index contributed by atoms with van der Waals surface area (Å²) in [6, 6.07) is 0. The van der Waals surface area contributed by atoms with E-state index in [1.807, 2.05) is 6.08 Å². The molecule has 4 heteroatoms. The van der Waals surface area contributed by atoms with Crippen LogP contribution in [0.15, 0.2) is 23.6 Å². The summed E-state index contributed by atoms with van der Waals surface area (Å²) in [6.45, 7) is 11.7. The molecule has 0 amide bonds. The van der Waals surface area contributed by atoms with E-state index in [1.54, 1.807) is 6.20 Å². The van der Waals surface area contributed by atoms with Crippen LogP contribution in [-0.4, -0.2) is 26.6 Å². The third-order valence-electron chi connectivity index (χ3n) is 3.29. The van der Waals surface area contributed by atoms with Gasteiger partial charge < -0.3 is 9.53 Å². The Morgan fingerprint density at radius 1 is 1.44 bits per heavy atom. The van der Waals surface area contributed by atoms with Crippen LogP contribution in [0, 0.1) is 0 Å². The second-order valence-electron chi connectivity index (χ2n) is 5.61. The number of hydrogen-bond acceptors (Lipinski definition) is 2. The summed E-state index contributed by atoms with van der Waals surface area (Å²) in [5.74, 6) is 0.823. The smallest absolute Gasteiger partial charge is 0.250 e. The van der Waals surface area contributed by atoms with Crippen LogP contribution >= 0.6 is 0 Å². The topological polar surface area (TPSA) is 43.6 Å². The molecule has 1 rings (SSSR count). The largest absolute Gasteiger partial charge is 0.543 e. The van der Waals surface area contributed by atoms with Gasteiger partial charge in [-0.2, -0.15) is 0 Å². The molecule has 0 atom stereocenters. The fraction of sp³-hybridized carbons (Fsp3) is 0.667. The van der Waals surface area contributed by atoms with Crippen molar-refractivity contribution in [3.8, 4) is 0 Å². The van der Waals surface area contributed by atoms with Crippen molar-refractivity contribution in [1.29, 1.82) is 0 Å². The van der Waals surface area contributed by atoms with Crippen molar-refractivity contribution in [1.82, 2.24) is 5.32 Å². The van der Waals surface area contributed by atoms with E-state index in [1.165, 1.54) is 0 Å². The molecule has 1 heterocycles. The van der Waals surface area contributed by atoms with E-state index in [0.29, 0.717) is 6.54 Å². The zero-order valence-electron chi connectivity index (χ0n) is 10.9. The second-order valence-corrected chi connectivity index (χ2v) is 10.3. The zero-order chi connectivity index (χ0) is 12.4. The van der Waals surface area contributed by atoms with E-state index in [4.69, 9.17) is 4.43 Å². The van der Waals surface area contributed by atoms with Crippen molar-refractivity contribution in [3.63, 3.8) is 0 Å². The van der Waals surface area contributed by atoms with E-state index in [9.17, 15) is 5.11 Å². The predicted molar refractivity (Wildman–Crippen MR) is 68.5 cm³/mol. The van der Waals surface area contributed by atoms with E-state index in [-0.39, 0.29) is 11.6 Å². The van der Waals surface area contributed by atoms with Crippen LogP contribution < -0.4 is 5.32 Å². The summed E-state index contributed by atoms with van der Waals surface area (Å²) >= 11 is 0. The molecule has 0 aromatic heterocycles. The van der Waals surface area contributed by atoms with E-state index in [0.717, 1.165) is 11.3 Å². The molecule has 1 aliphatic rings. The van der Waals surface area contributed by atoms with Gasteiger partial charge in [-0.15, -0.1) is 0 Å². The van der Waals surface area contributed by atoms with E-state index in [2.05, 4.69) is 39.2 Å². The third kappa shape index (κ3) is 2.96. The fourth-order valence-corrected chi connectivity index (χ4v) is 2.22. The SMILES string of the molecule is CC(C)(C)[Si](C)(C)OC1=CC[N+]C=C1CO. The molecule has 0 bridgehead atoms. The molecule has 0 aromatic rings. The van der Waals surface area contributed by atoms with Gasteiger partial charge >= 0.3 is 0 Å². The summed E-state index contributed by atoms with van der Waals surface area (Å²) in [7, 11) is -1.81. The molecular weight excluding hydrogens is 218 g/mol. The van der Waals surface area contributed by atoms with Gasteiger partial charge in [0.2, 0.25) is 21.1 Å². The fourth-order valence-electron chi connectivity index (χ4n) is 1.15. The van der Waals surface area contributed by atoms with Gasteiger partial charge in [-0.05, 0) is 18.1 Å². The molecular formula is C12H22NO2Si+. The van der Waals surface area contributed by atoms with Gasteiger partial charge in [-0.25, -0.2) is 0 Å². The maximum Gasteiger partial charge on any atom is 0.250 e. The van der Waals surface area contributed by atoms with Crippen LogP contribution in [0.3, 0.4) is 0 Å². The molecule has 90 valence electrons. The van der Waals surface area contributed by atoms with Gasteiger partial charge in [0.15, 0.2) is 0 Å². The van der Waals surface area contributed by atoms with Crippen molar-refractivity contribution in [3.05, 3.63) is 23.6 Å². The molecule has 1 N–H and O–H groups in total. The Balaban J connectivity index is 2.81. The molecule has 1 aliphatic heterocycles. The van der Waals surface area contributed by atoms with Gasteiger partial charge in [0.25, 0.3) is 0 Å². The van der Waals surface area contributed by atoms with Crippen molar-refractivity contribution in [2.45, 2.75) is 38.9 Å². The quantitative estimate of drug-likeness (QED) is 0.770. The second kappa shape index (κ2) is 4.73. The molecule has 0 saturated carbocycles. The molecule has 0 aliphatic carbocycles. The Morgan fingerprint density at radius 2 is 2.06 bits per heavy atom. The summed E-state index contributed by atoms with van der Waals surface area (Å²) in [6.07, 6.45) is 3.66. The lowest BCUT2D eigenvalue weighted by molar-refractivity contribution is 0.309. The predicted octanol–water partition coefficient (Wildman–Crippen LogP) is 2.39. The molecule has 0 saturated heterocycles. The van der Waals surface area contributed by atoms with Gasteiger partial charge in [-0.3, -0.25) is 0 Å². The Kier molecular flexibility index (Phi) is 3.99. The minimum absolute atomic E-state index is 0.00996. The summed E-state index contributed by atoms with van der Waals surface area (Å²) in [5, 5.41) is 13.5. The van der Waals surface area contributed by atoms with Crippen molar-refractivity contribution < 1.29 is 9.53 Å². The van der Waals surface area contributed by atoms with E-state index >= 15 is 0 Å². The Hall–Kier alpha value is -0.583. The summed E-state index contributed by atoms with van der Waals surface area (Å²) < 4.78 is 6.16. The average Bonchev–Trinajstić information content (AvgIpc) is 2.16. The van der Waals surface area contributed by atoms with Crippen molar-refractivity contribution in [2.75, 3.05) is 13.2 Å². The van der Waals surface area contributed by atoms with Gasteiger partial charge in [0.1, 0.15) is 5.76 Å². The number of rotatable bonds is 3. The number of hydrogen-bond donors (Lipinski definition) is 1. The lowest BCUT2D eigenvalue weighted by atomic mass is 10.2. The summed E-state index contributed by atoms with van der Waals surface area (Å²) in [5.41, 5.74) is 0.788. The first kappa shape index (κ1) is 13.5. The minimum Gasteiger partial charge on any atom is -0.543 e. The van der Waals surface area contributed by atoms with Crippen LogP contribution in [0.5, 0.6) is 0 Å². The standard InChI is InChI=1S/C12H22NO2Si/c1-12(2,3)16(4,5)15-11-6-7-13-8-10(11)9-14/h6,8,14H,7,9H2,1-5H3/q+1. The normalized spacial score (nSPS) is 17.9. The van der Waals surface area contributed by atoms with Crippen LogP contribution in [-0.2, 0) is 4.43 Å². The molecule has 0 spiro atoms. The first-order chi connectivity index (χ1) is 7.28. The lowest BCUT2D eigenvalue weighted by Gasteiger charge is -2.37. The molecule has 0 fully saturated rings.